The molecule has 0 aliphatic rings. The van der Waals surface area contributed by atoms with E-state index in [-0.39, 0.29) is 5.56 Å². The quantitative estimate of drug-likeness (QED) is 0.889. The van der Waals surface area contributed by atoms with Crippen molar-refractivity contribution in [3.05, 3.63) is 28.0 Å². The lowest BCUT2D eigenvalue weighted by Crippen LogP contribution is -2.19. The smallest absolute Gasteiger partial charge is 0.134 e. The maximum absolute atomic E-state index is 13.5. The molecule has 0 aliphatic heterocycles. The Labute approximate surface area is 90.8 Å². The van der Waals surface area contributed by atoms with Crippen LogP contribution in [0.4, 0.5) is 4.39 Å². The van der Waals surface area contributed by atoms with Crippen LogP contribution >= 0.6 is 15.9 Å². The van der Waals surface area contributed by atoms with Crippen LogP contribution in [-0.2, 0) is 5.60 Å². The highest BCUT2D eigenvalue weighted by molar-refractivity contribution is 9.10. The van der Waals surface area contributed by atoms with Crippen molar-refractivity contribution in [3.63, 3.8) is 0 Å². The van der Waals surface area contributed by atoms with E-state index in [0.717, 1.165) is 0 Å². The third-order valence-corrected chi connectivity index (χ3v) is 2.31. The maximum Gasteiger partial charge on any atom is 0.134 e. The molecule has 14 heavy (non-hydrogen) atoms. The van der Waals surface area contributed by atoms with Gasteiger partial charge in [0, 0.05) is 4.47 Å². The van der Waals surface area contributed by atoms with Gasteiger partial charge in [0.2, 0.25) is 0 Å². The first kappa shape index (κ1) is 11.5. The standard InChI is InChI=1S/C10H12BrFO2/c1-10(2,13)9-7(12)4-6(11)5-8(9)14-3/h4-5,13H,1-3H3. The second-order valence-corrected chi connectivity index (χ2v) is 4.44. The van der Waals surface area contributed by atoms with Crippen LogP contribution in [0.2, 0.25) is 0 Å². The van der Waals surface area contributed by atoms with Gasteiger partial charge in [-0.3, -0.25) is 0 Å². The van der Waals surface area contributed by atoms with Gasteiger partial charge in [-0.05, 0) is 26.0 Å². The predicted octanol–water partition coefficient (Wildman–Crippen LogP) is 2.82. The number of benzene rings is 1. The van der Waals surface area contributed by atoms with Crippen LogP contribution in [-0.4, -0.2) is 12.2 Å². The summed E-state index contributed by atoms with van der Waals surface area (Å²) in [6.45, 7) is 3.03. The summed E-state index contributed by atoms with van der Waals surface area (Å²) in [6.07, 6.45) is 0. The van der Waals surface area contributed by atoms with Gasteiger partial charge in [-0.2, -0.15) is 0 Å². The molecule has 0 fully saturated rings. The fourth-order valence-corrected chi connectivity index (χ4v) is 1.71. The minimum Gasteiger partial charge on any atom is -0.496 e. The lowest BCUT2D eigenvalue weighted by molar-refractivity contribution is 0.0714. The minimum absolute atomic E-state index is 0.170. The predicted molar refractivity (Wildman–Crippen MR) is 55.9 cm³/mol. The molecule has 0 saturated carbocycles. The van der Waals surface area contributed by atoms with Crippen molar-refractivity contribution in [2.75, 3.05) is 7.11 Å². The molecule has 78 valence electrons. The van der Waals surface area contributed by atoms with Crippen LogP contribution in [0.15, 0.2) is 16.6 Å². The summed E-state index contributed by atoms with van der Waals surface area (Å²) >= 11 is 3.15. The van der Waals surface area contributed by atoms with Crippen molar-refractivity contribution >= 4 is 15.9 Å². The Kier molecular flexibility index (Phi) is 3.17. The summed E-state index contributed by atoms with van der Waals surface area (Å²) in [6, 6.07) is 2.92. The largest absolute Gasteiger partial charge is 0.496 e. The van der Waals surface area contributed by atoms with Gasteiger partial charge in [-0.25, -0.2) is 4.39 Å². The van der Waals surface area contributed by atoms with Crippen molar-refractivity contribution in [2.24, 2.45) is 0 Å². The second kappa shape index (κ2) is 3.87. The molecule has 0 aliphatic carbocycles. The van der Waals surface area contributed by atoms with Crippen LogP contribution in [0.3, 0.4) is 0 Å². The van der Waals surface area contributed by atoms with Crippen molar-refractivity contribution in [3.8, 4) is 5.75 Å². The van der Waals surface area contributed by atoms with E-state index in [0.29, 0.717) is 10.2 Å². The van der Waals surface area contributed by atoms with E-state index in [2.05, 4.69) is 15.9 Å². The third-order valence-electron chi connectivity index (χ3n) is 1.85. The molecule has 0 aromatic heterocycles. The molecule has 0 bridgehead atoms. The summed E-state index contributed by atoms with van der Waals surface area (Å²) in [5.74, 6) is -0.145. The Morgan fingerprint density at radius 1 is 1.43 bits per heavy atom. The molecule has 0 atom stereocenters. The van der Waals surface area contributed by atoms with E-state index < -0.39 is 11.4 Å². The normalized spacial score (nSPS) is 11.6. The Morgan fingerprint density at radius 3 is 2.43 bits per heavy atom. The Hall–Kier alpha value is -0.610. The highest BCUT2D eigenvalue weighted by Crippen LogP contribution is 2.34. The van der Waals surface area contributed by atoms with Gasteiger partial charge in [-0.15, -0.1) is 0 Å². The van der Waals surface area contributed by atoms with E-state index in [1.54, 1.807) is 6.07 Å². The molecule has 1 aromatic carbocycles. The van der Waals surface area contributed by atoms with Gasteiger partial charge in [0.1, 0.15) is 11.6 Å². The molecule has 0 amide bonds. The molecule has 0 unspecified atom stereocenters. The van der Waals surface area contributed by atoms with Crippen LogP contribution in [0.1, 0.15) is 19.4 Å². The first-order valence-electron chi connectivity index (χ1n) is 4.12. The topological polar surface area (TPSA) is 29.5 Å². The number of hydrogen-bond acceptors (Lipinski definition) is 2. The molecular formula is C10H12BrFO2. The number of aliphatic hydroxyl groups is 1. The second-order valence-electron chi connectivity index (χ2n) is 3.52. The number of ether oxygens (including phenoxy) is 1. The van der Waals surface area contributed by atoms with Crippen molar-refractivity contribution in [2.45, 2.75) is 19.4 Å². The van der Waals surface area contributed by atoms with Gasteiger partial charge in [-0.1, -0.05) is 15.9 Å². The van der Waals surface area contributed by atoms with E-state index in [9.17, 15) is 9.50 Å². The third kappa shape index (κ3) is 2.25. The minimum atomic E-state index is -1.25. The molecule has 0 radical (unpaired) electrons. The zero-order valence-corrected chi connectivity index (χ0v) is 9.85. The highest BCUT2D eigenvalue weighted by atomic mass is 79.9. The molecule has 4 heteroatoms. The van der Waals surface area contributed by atoms with Crippen LogP contribution in [0, 0.1) is 5.82 Å². The van der Waals surface area contributed by atoms with Crippen LogP contribution in [0.5, 0.6) is 5.75 Å². The maximum atomic E-state index is 13.5. The number of halogens is 2. The Balaban J connectivity index is 3.40. The van der Waals surface area contributed by atoms with Crippen LogP contribution < -0.4 is 4.74 Å². The zero-order chi connectivity index (χ0) is 10.9. The fraction of sp³-hybridized carbons (Fsp3) is 0.400. The SMILES string of the molecule is COc1cc(Br)cc(F)c1C(C)(C)O. The van der Waals surface area contributed by atoms with Gasteiger partial charge in [0.25, 0.3) is 0 Å². The Bertz CT molecular complexity index is 345. The molecule has 1 N–H and O–H groups in total. The van der Waals surface area contributed by atoms with E-state index >= 15 is 0 Å². The zero-order valence-electron chi connectivity index (χ0n) is 8.27. The average Bonchev–Trinajstić information content (AvgIpc) is 1.99. The fourth-order valence-electron chi connectivity index (χ4n) is 1.30. The van der Waals surface area contributed by atoms with Crippen molar-refractivity contribution in [1.29, 1.82) is 0 Å². The van der Waals surface area contributed by atoms with E-state index in [4.69, 9.17) is 4.74 Å². The lowest BCUT2D eigenvalue weighted by atomic mass is 9.97. The summed E-state index contributed by atoms with van der Waals surface area (Å²) < 4.78 is 19.1. The van der Waals surface area contributed by atoms with Gasteiger partial charge in [0.05, 0.1) is 18.3 Å². The number of methoxy groups -OCH3 is 1. The first-order chi connectivity index (χ1) is 6.36. The van der Waals surface area contributed by atoms with Gasteiger partial charge in [0.15, 0.2) is 0 Å². The van der Waals surface area contributed by atoms with Gasteiger partial charge < -0.3 is 9.84 Å². The first-order valence-corrected chi connectivity index (χ1v) is 4.91. The van der Waals surface area contributed by atoms with Gasteiger partial charge >= 0.3 is 0 Å². The van der Waals surface area contributed by atoms with Crippen LogP contribution in [0.25, 0.3) is 0 Å². The number of hydrogen-bond donors (Lipinski definition) is 1. The van der Waals surface area contributed by atoms with E-state index in [1.165, 1.54) is 27.0 Å². The molecule has 1 rings (SSSR count). The average molecular weight is 263 g/mol. The highest BCUT2D eigenvalue weighted by Gasteiger charge is 2.25. The molecule has 2 nitrogen and oxygen atoms in total. The molecule has 0 saturated heterocycles. The van der Waals surface area contributed by atoms with Crippen molar-refractivity contribution in [1.82, 2.24) is 0 Å². The summed E-state index contributed by atoms with van der Waals surface area (Å²) in [7, 11) is 1.44. The Morgan fingerprint density at radius 2 is 2.00 bits per heavy atom. The van der Waals surface area contributed by atoms with Crippen molar-refractivity contribution < 1.29 is 14.2 Å². The molecular weight excluding hydrogens is 251 g/mol. The van der Waals surface area contributed by atoms with E-state index in [1.807, 2.05) is 0 Å². The molecule has 0 heterocycles. The monoisotopic (exact) mass is 262 g/mol. The summed E-state index contributed by atoms with van der Waals surface area (Å²) in [4.78, 5) is 0. The molecule has 0 spiro atoms. The molecule has 1 aromatic rings. The summed E-state index contributed by atoms with van der Waals surface area (Å²) in [5, 5.41) is 9.74. The lowest BCUT2D eigenvalue weighted by Gasteiger charge is -2.21. The number of rotatable bonds is 2. The summed E-state index contributed by atoms with van der Waals surface area (Å²) in [5.41, 5.74) is -1.08.